The van der Waals surface area contributed by atoms with Crippen LogP contribution in [0.4, 0.5) is 5.95 Å². The number of carbonyl (C=O) groups is 1. The van der Waals surface area contributed by atoms with Gasteiger partial charge < -0.3 is 21.3 Å². The van der Waals surface area contributed by atoms with E-state index in [2.05, 4.69) is 15.4 Å². The first-order valence-corrected chi connectivity index (χ1v) is 7.64. The van der Waals surface area contributed by atoms with Gasteiger partial charge in [0.05, 0.1) is 5.57 Å². The molecule has 2 aromatic rings. The Morgan fingerprint density at radius 1 is 1.38 bits per heavy atom. The molecule has 24 heavy (non-hydrogen) atoms. The number of aryl methyl sites for hydroxylation is 1. The van der Waals surface area contributed by atoms with Crippen molar-refractivity contribution in [2.75, 3.05) is 11.9 Å². The van der Waals surface area contributed by atoms with Crippen LogP contribution in [0, 0.1) is 0 Å². The van der Waals surface area contributed by atoms with Crippen molar-refractivity contribution in [2.24, 2.45) is 5.73 Å². The monoisotopic (exact) mass is 329 g/mol. The quantitative estimate of drug-likeness (QED) is 0.639. The van der Waals surface area contributed by atoms with Crippen molar-refractivity contribution in [1.29, 1.82) is 0 Å². The zero-order chi connectivity index (χ0) is 17.3. The first kappa shape index (κ1) is 16.0. The number of carbonyl (C=O) groups excluding carboxylic acids is 1. The van der Waals surface area contributed by atoms with E-state index in [1.165, 1.54) is 0 Å². The number of fused-ring (bicyclic) bond motifs is 1. The van der Waals surface area contributed by atoms with Gasteiger partial charge in [0.15, 0.2) is 5.82 Å². The Labute approximate surface area is 138 Å². The lowest BCUT2D eigenvalue weighted by molar-refractivity contribution is -0.115. The summed E-state index contributed by atoms with van der Waals surface area (Å²) < 4.78 is 1.62. The van der Waals surface area contributed by atoms with Crippen LogP contribution in [0.5, 0.6) is 5.75 Å². The van der Waals surface area contributed by atoms with Crippen LogP contribution in [0.25, 0.3) is 0 Å². The molecule has 1 atom stereocenters. The van der Waals surface area contributed by atoms with Crippen LogP contribution >= 0.6 is 0 Å². The summed E-state index contributed by atoms with van der Waals surface area (Å²) in [4.78, 5) is 16.4. The van der Waals surface area contributed by atoms with Crippen molar-refractivity contribution in [3.05, 3.63) is 46.9 Å². The number of aromatic nitrogens is 3. The molecule has 126 valence electrons. The van der Waals surface area contributed by atoms with E-state index in [1.54, 1.807) is 35.9 Å². The van der Waals surface area contributed by atoms with E-state index in [1.807, 2.05) is 0 Å². The van der Waals surface area contributed by atoms with Crippen LogP contribution in [0.15, 0.2) is 35.5 Å². The van der Waals surface area contributed by atoms with Crippen molar-refractivity contribution >= 4 is 11.9 Å². The number of aromatic hydroxyl groups is 1. The van der Waals surface area contributed by atoms with Crippen LogP contribution in [0.1, 0.15) is 30.8 Å². The molecule has 3 rings (SSSR count). The summed E-state index contributed by atoms with van der Waals surface area (Å²) in [7, 11) is 0. The fourth-order valence-electron chi connectivity index (χ4n) is 2.82. The van der Waals surface area contributed by atoms with Crippen LogP contribution in [-0.2, 0) is 11.2 Å². The van der Waals surface area contributed by atoms with E-state index in [4.69, 9.17) is 10.8 Å². The maximum Gasteiger partial charge on any atom is 0.248 e. The summed E-state index contributed by atoms with van der Waals surface area (Å²) in [6.45, 7) is 1.82. The minimum atomic E-state index is -0.545. The van der Waals surface area contributed by atoms with Gasteiger partial charge in [-0.2, -0.15) is 10.1 Å². The van der Waals surface area contributed by atoms with Gasteiger partial charge >= 0.3 is 0 Å². The molecular formula is C16H19N5O3. The second-order valence-corrected chi connectivity index (χ2v) is 5.65. The predicted octanol–water partition coefficient (Wildman–Crippen LogP) is 0.683. The van der Waals surface area contributed by atoms with E-state index >= 15 is 0 Å². The average molecular weight is 329 g/mol. The van der Waals surface area contributed by atoms with Crippen LogP contribution in [0.2, 0.25) is 0 Å². The van der Waals surface area contributed by atoms with E-state index in [0.717, 1.165) is 5.56 Å². The Balaban J connectivity index is 2.09. The lowest BCUT2D eigenvalue weighted by atomic mass is 9.95. The molecule has 0 radical (unpaired) electrons. The number of nitrogens with zero attached hydrogens (tertiary/aromatic N) is 3. The SMILES string of the molecule is CC1=C(C(N)=O)[C@H](c2ccc(O)cc2)n2nc(CCCO)nc2N1. The van der Waals surface area contributed by atoms with Crippen LogP contribution in [-0.4, -0.2) is 37.5 Å². The van der Waals surface area contributed by atoms with Crippen LogP contribution < -0.4 is 11.1 Å². The second-order valence-electron chi connectivity index (χ2n) is 5.65. The Bertz CT molecular complexity index is 795. The third-order valence-electron chi connectivity index (χ3n) is 3.93. The Morgan fingerprint density at radius 2 is 2.08 bits per heavy atom. The standard InChI is InChI=1S/C16H19N5O3/c1-9-13(15(17)24)14(10-4-6-11(23)7-5-10)21-16(18-9)19-12(20-21)3-2-8-22/h4-7,14,22-23H,2-3,8H2,1H3,(H2,17,24)(H,18,19,20)/t14-/m0/s1. The second kappa shape index (κ2) is 6.32. The smallest absolute Gasteiger partial charge is 0.248 e. The van der Waals surface area contributed by atoms with Gasteiger partial charge in [0, 0.05) is 18.7 Å². The first-order valence-electron chi connectivity index (χ1n) is 7.64. The van der Waals surface area contributed by atoms with Crippen molar-refractivity contribution in [3.8, 4) is 5.75 Å². The molecule has 0 saturated heterocycles. The van der Waals surface area contributed by atoms with Gasteiger partial charge in [-0.25, -0.2) is 4.68 Å². The Kier molecular flexibility index (Phi) is 4.22. The topological polar surface area (TPSA) is 126 Å². The van der Waals surface area contributed by atoms with Gasteiger partial charge in [-0.1, -0.05) is 12.1 Å². The summed E-state index contributed by atoms with van der Waals surface area (Å²) in [5, 5.41) is 26.0. The van der Waals surface area contributed by atoms with Crippen LogP contribution in [0.3, 0.4) is 0 Å². The molecule has 1 aromatic carbocycles. The zero-order valence-corrected chi connectivity index (χ0v) is 13.2. The van der Waals surface area contributed by atoms with E-state index < -0.39 is 11.9 Å². The molecule has 1 aliphatic heterocycles. The number of phenolic OH excluding ortho intramolecular Hbond substituents is 1. The number of amides is 1. The number of nitrogens with one attached hydrogen (secondary N) is 1. The van der Waals surface area contributed by atoms with Crippen molar-refractivity contribution in [1.82, 2.24) is 14.8 Å². The van der Waals surface area contributed by atoms with E-state index in [-0.39, 0.29) is 12.4 Å². The largest absolute Gasteiger partial charge is 0.508 e. The minimum absolute atomic E-state index is 0.0580. The summed E-state index contributed by atoms with van der Waals surface area (Å²) in [5.41, 5.74) is 7.36. The average Bonchev–Trinajstić information content (AvgIpc) is 2.94. The highest BCUT2D eigenvalue weighted by molar-refractivity contribution is 5.95. The molecule has 0 aliphatic carbocycles. The summed E-state index contributed by atoms with van der Waals surface area (Å²) in [6, 6.07) is 6.03. The maximum absolute atomic E-state index is 12.0. The molecule has 8 nitrogen and oxygen atoms in total. The highest BCUT2D eigenvalue weighted by Crippen LogP contribution is 2.35. The number of anilines is 1. The number of aliphatic hydroxyl groups is 1. The minimum Gasteiger partial charge on any atom is -0.508 e. The number of nitrogens with two attached hydrogens (primary N) is 1. The van der Waals surface area contributed by atoms with E-state index in [9.17, 15) is 9.90 Å². The molecule has 8 heteroatoms. The van der Waals surface area contributed by atoms with Gasteiger partial charge in [-0.05, 0) is 31.0 Å². The molecule has 5 N–H and O–H groups in total. The molecule has 1 amide bonds. The van der Waals surface area contributed by atoms with Gasteiger partial charge in [0.25, 0.3) is 0 Å². The number of hydrogen-bond acceptors (Lipinski definition) is 6. The number of primary amides is 1. The fourth-order valence-corrected chi connectivity index (χ4v) is 2.82. The zero-order valence-electron chi connectivity index (χ0n) is 13.2. The molecule has 2 heterocycles. The van der Waals surface area contributed by atoms with Crippen molar-refractivity contribution < 1.29 is 15.0 Å². The molecule has 0 fully saturated rings. The number of benzene rings is 1. The first-order chi connectivity index (χ1) is 11.5. The number of phenols is 1. The molecule has 0 saturated carbocycles. The lowest BCUT2D eigenvalue weighted by Gasteiger charge is -2.27. The van der Waals surface area contributed by atoms with Crippen molar-refractivity contribution in [2.45, 2.75) is 25.8 Å². The molecule has 1 aliphatic rings. The summed E-state index contributed by atoms with van der Waals surface area (Å²) in [5.74, 6) is 0.685. The third kappa shape index (κ3) is 2.83. The third-order valence-corrected chi connectivity index (χ3v) is 3.93. The molecule has 0 unspecified atom stereocenters. The highest BCUT2D eigenvalue weighted by Gasteiger charge is 2.33. The molecule has 1 aromatic heterocycles. The van der Waals surface area contributed by atoms with Gasteiger partial charge in [0.2, 0.25) is 11.9 Å². The van der Waals surface area contributed by atoms with E-state index in [0.29, 0.717) is 35.9 Å². The maximum atomic E-state index is 12.0. The number of aliphatic hydroxyl groups excluding tert-OH is 1. The number of rotatable bonds is 5. The highest BCUT2D eigenvalue weighted by atomic mass is 16.3. The number of hydrogen-bond donors (Lipinski definition) is 4. The molecule has 0 bridgehead atoms. The fraction of sp³-hybridized carbons (Fsp3) is 0.312. The summed E-state index contributed by atoms with van der Waals surface area (Å²) in [6.07, 6.45) is 1.09. The Morgan fingerprint density at radius 3 is 2.71 bits per heavy atom. The predicted molar refractivity (Wildman–Crippen MR) is 87.2 cm³/mol. The molecule has 0 spiro atoms. The summed E-state index contributed by atoms with van der Waals surface area (Å²) >= 11 is 0. The van der Waals surface area contributed by atoms with Crippen molar-refractivity contribution in [3.63, 3.8) is 0 Å². The molecular weight excluding hydrogens is 310 g/mol. The van der Waals surface area contributed by atoms with Gasteiger partial charge in [-0.15, -0.1) is 0 Å². The lowest BCUT2D eigenvalue weighted by Crippen LogP contribution is -2.31. The van der Waals surface area contributed by atoms with Gasteiger partial charge in [-0.3, -0.25) is 4.79 Å². The Hall–Kier alpha value is -2.87. The normalized spacial score (nSPS) is 16.7. The number of allylic oxidation sites excluding steroid dienone is 1. The van der Waals surface area contributed by atoms with Gasteiger partial charge in [0.1, 0.15) is 11.8 Å².